The van der Waals surface area contributed by atoms with Crippen molar-refractivity contribution >= 4 is 23.4 Å². The van der Waals surface area contributed by atoms with Crippen LogP contribution in [0.4, 0.5) is 5.69 Å². The number of amides is 1. The number of nitriles is 1. The van der Waals surface area contributed by atoms with Gasteiger partial charge in [0.25, 0.3) is 0 Å². The highest BCUT2D eigenvalue weighted by atomic mass is 32.2. The third-order valence-corrected chi connectivity index (χ3v) is 5.45. The molecule has 0 unspecified atom stereocenters. The van der Waals surface area contributed by atoms with Crippen LogP contribution < -0.4 is 4.90 Å². The normalized spacial score (nSPS) is 11.7. The van der Waals surface area contributed by atoms with E-state index in [1.807, 2.05) is 63.2 Å². The predicted octanol–water partition coefficient (Wildman–Crippen LogP) is 3.71. The molecule has 148 valence electrons. The first kappa shape index (κ1) is 20.6. The fourth-order valence-electron chi connectivity index (χ4n) is 3.01. The maximum absolute atomic E-state index is 13.2. The van der Waals surface area contributed by atoms with Crippen molar-refractivity contribution in [3.8, 4) is 11.8 Å². The standard InChI is InChI=1S/C21H22N6OS/c1-15-10-11-19(16(2)14-15)27-21(23-24-25-27)29-17(3)20(28)26(13-7-12-22)18-8-5-4-6-9-18/h4-6,8-11,14,17H,7,13H2,1-3H3/t17-/m1/s1. The first-order valence-corrected chi connectivity index (χ1v) is 10.1. The van der Waals surface area contributed by atoms with Gasteiger partial charge in [0, 0.05) is 12.2 Å². The molecular weight excluding hydrogens is 384 g/mol. The van der Waals surface area contributed by atoms with Crippen molar-refractivity contribution < 1.29 is 4.79 Å². The molecule has 0 aliphatic heterocycles. The molecule has 0 bridgehead atoms. The average molecular weight is 407 g/mol. The average Bonchev–Trinajstić information content (AvgIpc) is 3.16. The smallest absolute Gasteiger partial charge is 0.240 e. The van der Waals surface area contributed by atoms with Crippen LogP contribution in [0.5, 0.6) is 0 Å². The van der Waals surface area contributed by atoms with Crippen molar-refractivity contribution in [2.24, 2.45) is 0 Å². The summed E-state index contributed by atoms with van der Waals surface area (Å²) in [5.41, 5.74) is 3.87. The van der Waals surface area contributed by atoms with Gasteiger partial charge in [0.15, 0.2) is 0 Å². The number of hydrogen-bond donors (Lipinski definition) is 0. The highest BCUT2D eigenvalue weighted by Gasteiger charge is 2.25. The molecule has 1 aromatic heterocycles. The molecule has 0 radical (unpaired) electrons. The van der Waals surface area contributed by atoms with Crippen LogP contribution in [-0.2, 0) is 4.79 Å². The molecule has 3 aromatic rings. The number of aryl methyl sites for hydroxylation is 2. The summed E-state index contributed by atoms with van der Waals surface area (Å²) in [6.45, 7) is 6.21. The molecule has 0 fully saturated rings. The number of anilines is 1. The summed E-state index contributed by atoms with van der Waals surface area (Å²) in [7, 11) is 0. The Morgan fingerprint density at radius 2 is 2.00 bits per heavy atom. The summed E-state index contributed by atoms with van der Waals surface area (Å²) in [5, 5.41) is 21.1. The van der Waals surface area contributed by atoms with Crippen molar-refractivity contribution in [3.63, 3.8) is 0 Å². The second kappa shape index (κ2) is 9.34. The number of para-hydroxylation sites is 1. The molecule has 1 atom stereocenters. The molecule has 0 aliphatic carbocycles. The summed E-state index contributed by atoms with van der Waals surface area (Å²) in [5.74, 6) is -0.0911. The zero-order valence-corrected chi connectivity index (χ0v) is 17.4. The van der Waals surface area contributed by atoms with E-state index in [-0.39, 0.29) is 12.3 Å². The van der Waals surface area contributed by atoms with Gasteiger partial charge in [-0.2, -0.15) is 9.94 Å². The first-order chi connectivity index (χ1) is 14.0. The summed E-state index contributed by atoms with van der Waals surface area (Å²) < 4.78 is 1.66. The zero-order valence-electron chi connectivity index (χ0n) is 16.6. The number of aromatic nitrogens is 4. The molecule has 3 rings (SSSR count). The number of thioether (sulfide) groups is 1. The minimum Gasteiger partial charge on any atom is -0.310 e. The van der Waals surface area contributed by atoms with Gasteiger partial charge in [0.05, 0.1) is 23.4 Å². The summed E-state index contributed by atoms with van der Waals surface area (Å²) in [4.78, 5) is 14.8. The predicted molar refractivity (Wildman–Crippen MR) is 113 cm³/mol. The Morgan fingerprint density at radius 3 is 2.69 bits per heavy atom. The molecule has 0 aliphatic rings. The van der Waals surface area contributed by atoms with Gasteiger partial charge in [-0.25, -0.2) is 0 Å². The summed E-state index contributed by atoms with van der Waals surface area (Å²) in [6.07, 6.45) is 0.262. The van der Waals surface area contributed by atoms with Crippen LogP contribution >= 0.6 is 11.8 Å². The largest absolute Gasteiger partial charge is 0.310 e. The lowest BCUT2D eigenvalue weighted by Gasteiger charge is -2.24. The van der Waals surface area contributed by atoms with E-state index in [9.17, 15) is 4.79 Å². The lowest BCUT2D eigenvalue weighted by Crippen LogP contribution is -2.37. The molecule has 2 aromatic carbocycles. The van der Waals surface area contributed by atoms with Crippen LogP contribution in [0.15, 0.2) is 53.7 Å². The van der Waals surface area contributed by atoms with Crippen molar-refractivity contribution in [1.29, 1.82) is 5.26 Å². The number of tetrazole rings is 1. The van der Waals surface area contributed by atoms with E-state index in [2.05, 4.69) is 27.7 Å². The van der Waals surface area contributed by atoms with E-state index >= 15 is 0 Å². The fraction of sp³-hybridized carbons (Fsp3) is 0.286. The lowest BCUT2D eigenvalue weighted by molar-refractivity contribution is -0.117. The van der Waals surface area contributed by atoms with E-state index in [4.69, 9.17) is 5.26 Å². The van der Waals surface area contributed by atoms with Crippen LogP contribution in [0.1, 0.15) is 24.5 Å². The van der Waals surface area contributed by atoms with Gasteiger partial charge in [-0.15, -0.1) is 5.10 Å². The van der Waals surface area contributed by atoms with Crippen molar-refractivity contribution in [2.75, 3.05) is 11.4 Å². The van der Waals surface area contributed by atoms with E-state index in [1.165, 1.54) is 11.8 Å². The molecule has 0 N–H and O–H groups in total. The van der Waals surface area contributed by atoms with Gasteiger partial charge in [0.1, 0.15) is 0 Å². The van der Waals surface area contributed by atoms with Crippen LogP contribution in [0, 0.1) is 25.2 Å². The fourth-order valence-corrected chi connectivity index (χ4v) is 3.87. The number of carbonyl (C=O) groups excluding carboxylic acids is 1. The second-order valence-electron chi connectivity index (χ2n) is 6.66. The Balaban J connectivity index is 1.82. The van der Waals surface area contributed by atoms with Crippen LogP contribution in [0.3, 0.4) is 0 Å². The quantitative estimate of drug-likeness (QED) is 0.556. The molecule has 8 heteroatoms. The third kappa shape index (κ3) is 4.81. The highest BCUT2D eigenvalue weighted by Crippen LogP contribution is 2.27. The van der Waals surface area contributed by atoms with Gasteiger partial charge in [-0.1, -0.05) is 47.7 Å². The Morgan fingerprint density at radius 1 is 1.24 bits per heavy atom. The summed E-state index contributed by atoms with van der Waals surface area (Å²) >= 11 is 1.30. The van der Waals surface area contributed by atoms with Gasteiger partial charge in [-0.05, 0) is 55.0 Å². The molecular formula is C21H22N6OS. The van der Waals surface area contributed by atoms with E-state index < -0.39 is 5.25 Å². The Kier molecular flexibility index (Phi) is 6.62. The molecule has 1 heterocycles. The molecule has 0 saturated heterocycles. The maximum Gasteiger partial charge on any atom is 0.240 e. The van der Waals surface area contributed by atoms with Crippen LogP contribution in [0.2, 0.25) is 0 Å². The molecule has 0 saturated carbocycles. The minimum absolute atomic E-state index is 0.0911. The monoisotopic (exact) mass is 406 g/mol. The molecule has 1 amide bonds. The van der Waals surface area contributed by atoms with E-state index in [0.717, 1.165) is 22.5 Å². The van der Waals surface area contributed by atoms with Crippen LogP contribution in [-0.4, -0.2) is 37.9 Å². The maximum atomic E-state index is 13.2. The topological polar surface area (TPSA) is 87.7 Å². The number of rotatable bonds is 7. The Labute approximate surface area is 174 Å². The van der Waals surface area contributed by atoms with E-state index in [1.54, 1.807) is 9.58 Å². The second-order valence-corrected chi connectivity index (χ2v) is 7.96. The van der Waals surface area contributed by atoms with Gasteiger partial charge >= 0.3 is 0 Å². The van der Waals surface area contributed by atoms with Crippen molar-refractivity contribution in [1.82, 2.24) is 20.2 Å². The van der Waals surface area contributed by atoms with Gasteiger partial charge in [-0.3, -0.25) is 4.79 Å². The molecule has 0 spiro atoms. The Bertz CT molecular complexity index is 1030. The van der Waals surface area contributed by atoms with E-state index in [0.29, 0.717) is 11.7 Å². The first-order valence-electron chi connectivity index (χ1n) is 9.27. The molecule has 29 heavy (non-hydrogen) atoms. The SMILES string of the molecule is Cc1ccc(-n2nnnc2S[C@H](C)C(=O)N(CCC#N)c2ccccc2)c(C)c1. The van der Waals surface area contributed by atoms with Crippen LogP contribution in [0.25, 0.3) is 5.69 Å². The van der Waals surface area contributed by atoms with Crippen molar-refractivity contribution in [3.05, 3.63) is 59.7 Å². The molecule has 7 nitrogen and oxygen atoms in total. The van der Waals surface area contributed by atoms with Gasteiger partial charge < -0.3 is 4.90 Å². The summed E-state index contributed by atoms with van der Waals surface area (Å²) in [6, 6.07) is 17.5. The number of carbonyl (C=O) groups is 1. The zero-order chi connectivity index (χ0) is 20.8. The third-order valence-electron chi connectivity index (χ3n) is 4.43. The van der Waals surface area contributed by atoms with Gasteiger partial charge in [0.2, 0.25) is 11.1 Å². The highest BCUT2D eigenvalue weighted by molar-refractivity contribution is 8.00. The number of hydrogen-bond acceptors (Lipinski definition) is 6. The van der Waals surface area contributed by atoms with Crippen molar-refractivity contribution in [2.45, 2.75) is 37.6 Å². The Hall–Kier alpha value is -3.18. The minimum atomic E-state index is -0.426. The lowest BCUT2D eigenvalue weighted by atomic mass is 10.1. The number of nitrogens with zero attached hydrogens (tertiary/aromatic N) is 6. The number of benzene rings is 2.